The summed E-state index contributed by atoms with van der Waals surface area (Å²) in [5, 5.41) is 11.2. The maximum absolute atomic E-state index is 13.1. The van der Waals surface area contributed by atoms with Gasteiger partial charge >= 0.3 is 0 Å². The molecule has 6 nitrogen and oxygen atoms in total. The molecule has 1 amide bonds. The minimum Gasteiger partial charge on any atom is -0.507 e. The van der Waals surface area contributed by atoms with Crippen molar-refractivity contribution in [3.05, 3.63) is 69.2 Å². The largest absolute Gasteiger partial charge is 0.507 e. The molecular formula is C25H27BrN2O4. The highest BCUT2D eigenvalue weighted by atomic mass is 79.9. The van der Waals surface area contributed by atoms with Crippen molar-refractivity contribution in [2.75, 3.05) is 27.2 Å². The number of ether oxygens (including phenoxy) is 1. The molecule has 0 aromatic heterocycles. The van der Waals surface area contributed by atoms with Gasteiger partial charge < -0.3 is 19.6 Å². The number of Topliss-reactive ketones (excluding diaryl/α,β-unsaturated/α-hetero) is 1. The third-order valence-corrected chi connectivity index (χ3v) is 6.43. The van der Waals surface area contributed by atoms with Gasteiger partial charge in [0, 0.05) is 23.0 Å². The van der Waals surface area contributed by atoms with Crippen molar-refractivity contribution in [3.63, 3.8) is 0 Å². The number of benzene rings is 2. The monoisotopic (exact) mass is 498 g/mol. The van der Waals surface area contributed by atoms with Crippen LogP contribution in [0.1, 0.15) is 36.1 Å². The van der Waals surface area contributed by atoms with Gasteiger partial charge in [0.15, 0.2) is 0 Å². The molecule has 1 N–H and O–H groups in total. The van der Waals surface area contributed by atoms with Crippen LogP contribution in [0.3, 0.4) is 0 Å². The molecule has 1 fully saturated rings. The van der Waals surface area contributed by atoms with Crippen molar-refractivity contribution >= 4 is 33.4 Å². The molecule has 7 heteroatoms. The van der Waals surface area contributed by atoms with Gasteiger partial charge in [-0.15, -0.1) is 0 Å². The molecule has 32 heavy (non-hydrogen) atoms. The molecule has 0 aliphatic carbocycles. The number of carbonyl (C=O) groups is 2. The van der Waals surface area contributed by atoms with Crippen LogP contribution in [0.2, 0.25) is 0 Å². The number of amides is 1. The Kier molecular flexibility index (Phi) is 6.40. The lowest BCUT2D eigenvalue weighted by molar-refractivity contribution is -0.139. The number of aliphatic hydroxyl groups excluding tert-OH is 1. The van der Waals surface area contributed by atoms with Crippen LogP contribution >= 0.6 is 15.9 Å². The highest BCUT2D eigenvalue weighted by Crippen LogP contribution is 2.40. The Balaban J connectivity index is 1.77. The van der Waals surface area contributed by atoms with E-state index in [4.69, 9.17) is 4.74 Å². The van der Waals surface area contributed by atoms with Gasteiger partial charge in [0.05, 0.1) is 11.6 Å². The van der Waals surface area contributed by atoms with Gasteiger partial charge in [-0.25, -0.2) is 0 Å². The summed E-state index contributed by atoms with van der Waals surface area (Å²) in [5.74, 6) is -0.571. The van der Waals surface area contributed by atoms with E-state index >= 15 is 0 Å². The Labute approximate surface area is 196 Å². The zero-order chi connectivity index (χ0) is 23.0. The molecular weight excluding hydrogens is 472 g/mol. The Morgan fingerprint density at radius 3 is 2.59 bits per heavy atom. The van der Waals surface area contributed by atoms with E-state index in [-0.39, 0.29) is 17.4 Å². The van der Waals surface area contributed by atoms with E-state index in [1.165, 1.54) is 0 Å². The van der Waals surface area contributed by atoms with Crippen LogP contribution in [0.25, 0.3) is 5.76 Å². The highest BCUT2D eigenvalue weighted by Gasteiger charge is 2.45. The summed E-state index contributed by atoms with van der Waals surface area (Å²) in [6.45, 7) is 3.21. The summed E-state index contributed by atoms with van der Waals surface area (Å²) >= 11 is 3.44. The van der Waals surface area contributed by atoms with Crippen LogP contribution in [0.4, 0.5) is 0 Å². The predicted molar refractivity (Wildman–Crippen MR) is 127 cm³/mol. The van der Waals surface area contributed by atoms with Crippen LogP contribution in [0, 0.1) is 0 Å². The number of ketones is 1. The van der Waals surface area contributed by atoms with Crippen LogP contribution < -0.4 is 4.74 Å². The first-order valence-electron chi connectivity index (χ1n) is 10.7. The molecule has 2 heterocycles. The molecule has 2 aromatic carbocycles. The Morgan fingerprint density at radius 2 is 1.91 bits per heavy atom. The fourth-order valence-electron chi connectivity index (χ4n) is 4.38. The molecule has 2 unspecified atom stereocenters. The first-order valence-corrected chi connectivity index (χ1v) is 11.5. The minimum absolute atomic E-state index is 0.0763. The lowest BCUT2D eigenvalue weighted by atomic mass is 9.94. The second-order valence-corrected chi connectivity index (χ2v) is 9.57. The van der Waals surface area contributed by atoms with Crippen molar-refractivity contribution in [1.82, 2.24) is 9.80 Å². The third kappa shape index (κ3) is 4.32. The van der Waals surface area contributed by atoms with Crippen molar-refractivity contribution < 1.29 is 19.4 Å². The zero-order valence-electron chi connectivity index (χ0n) is 18.5. The molecule has 0 spiro atoms. The summed E-state index contributed by atoms with van der Waals surface area (Å²) in [7, 11) is 3.94. The van der Waals surface area contributed by atoms with Crippen molar-refractivity contribution in [2.45, 2.75) is 31.9 Å². The summed E-state index contributed by atoms with van der Waals surface area (Å²) in [4.78, 5) is 29.7. The van der Waals surface area contributed by atoms with E-state index in [1.807, 2.05) is 62.3 Å². The number of likely N-dealkylation sites (tertiary alicyclic amines) is 1. The number of carbonyl (C=O) groups excluding carboxylic acids is 2. The summed E-state index contributed by atoms with van der Waals surface area (Å²) in [5.41, 5.74) is 2.43. The molecule has 2 aliphatic rings. The molecule has 168 valence electrons. The van der Waals surface area contributed by atoms with E-state index in [1.54, 1.807) is 11.0 Å². The van der Waals surface area contributed by atoms with Crippen molar-refractivity contribution in [2.24, 2.45) is 0 Å². The first kappa shape index (κ1) is 22.6. The number of rotatable bonds is 6. The van der Waals surface area contributed by atoms with E-state index in [9.17, 15) is 14.7 Å². The van der Waals surface area contributed by atoms with Crippen LogP contribution in [-0.2, 0) is 16.0 Å². The zero-order valence-corrected chi connectivity index (χ0v) is 20.1. The SMILES string of the molecule is CC1Cc2cc(/C(O)=C3\C(=O)C(=O)N(CCCN(C)C)C3c3ccc(Br)cc3)ccc2O1. The number of fused-ring (bicyclic) bond motifs is 1. The Morgan fingerprint density at radius 1 is 1.19 bits per heavy atom. The summed E-state index contributed by atoms with van der Waals surface area (Å²) in [6, 6.07) is 12.3. The van der Waals surface area contributed by atoms with E-state index in [0.717, 1.165) is 40.7 Å². The lowest BCUT2D eigenvalue weighted by Gasteiger charge is -2.26. The molecule has 0 bridgehead atoms. The standard InChI is InChI=1S/C25H27BrN2O4/c1-15-13-18-14-17(7-10-20(18)32-15)23(29)21-22(16-5-8-19(26)9-6-16)28(25(31)24(21)30)12-4-11-27(2)3/h5-10,14-15,22,29H,4,11-13H2,1-3H3/b23-21+. The Hall–Kier alpha value is -2.64. The third-order valence-electron chi connectivity index (χ3n) is 5.90. The van der Waals surface area contributed by atoms with Gasteiger partial charge in [-0.1, -0.05) is 28.1 Å². The quantitative estimate of drug-likeness (QED) is 0.368. The average Bonchev–Trinajstić information content (AvgIpc) is 3.24. The number of halogens is 1. The smallest absolute Gasteiger partial charge is 0.295 e. The van der Waals surface area contributed by atoms with Crippen LogP contribution in [0.15, 0.2) is 52.5 Å². The van der Waals surface area contributed by atoms with Gasteiger partial charge in [-0.3, -0.25) is 9.59 Å². The van der Waals surface area contributed by atoms with E-state index in [2.05, 4.69) is 15.9 Å². The lowest BCUT2D eigenvalue weighted by Crippen LogP contribution is -2.32. The molecule has 1 saturated heterocycles. The van der Waals surface area contributed by atoms with E-state index < -0.39 is 17.7 Å². The number of aliphatic hydroxyl groups is 1. The van der Waals surface area contributed by atoms with Crippen molar-refractivity contribution in [1.29, 1.82) is 0 Å². The van der Waals surface area contributed by atoms with Gasteiger partial charge in [0.2, 0.25) is 0 Å². The average molecular weight is 499 g/mol. The molecule has 4 rings (SSSR count). The highest BCUT2D eigenvalue weighted by molar-refractivity contribution is 9.10. The molecule has 2 aromatic rings. The summed E-state index contributed by atoms with van der Waals surface area (Å²) < 4.78 is 6.65. The second-order valence-electron chi connectivity index (χ2n) is 8.66. The molecule has 0 saturated carbocycles. The van der Waals surface area contributed by atoms with Gasteiger partial charge in [-0.2, -0.15) is 0 Å². The molecule has 2 atom stereocenters. The number of nitrogens with zero attached hydrogens (tertiary/aromatic N) is 2. The first-order chi connectivity index (χ1) is 15.3. The minimum atomic E-state index is -0.648. The number of hydrogen-bond acceptors (Lipinski definition) is 5. The van der Waals surface area contributed by atoms with Gasteiger partial charge in [-0.05, 0) is 75.4 Å². The van der Waals surface area contributed by atoms with Gasteiger partial charge in [0.25, 0.3) is 11.7 Å². The Bertz CT molecular complexity index is 1080. The topological polar surface area (TPSA) is 70.1 Å². The molecule has 0 radical (unpaired) electrons. The van der Waals surface area contributed by atoms with Gasteiger partial charge in [0.1, 0.15) is 17.6 Å². The van der Waals surface area contributed by atoms with Crippen molar-refractivity contribution in [3.8, 4) is 5.75 Å². The fourth-order valence-corrected chi connectivity index (χ4v) is 4.65. The van der Waals surface area contributed by atoms with E-state index in [0.29, 0.717) is 12.1 Å². The number of hydrogen-bond donors (Lipinski definition) is 1. The predicted octanol–water partition coefficient (Wildman–Crippen LogP) is 4.15. The molecule has 2 aliphatic heterocycles. The van der Waals surface area contributed by atoms with Crippen LogP contribution in [0.5, 0.6) is 5.75 Å². The van der Waals surface area contributed by atoms with Crippen LogP contribution in [-0.4, -0.2) is 59.9 Å². The maximum Gasteiger partial charge on any atom is 0.295 e. The second kappa shape index (κ2) is 9.08. The fraction of sp³-hybridized carbons (Fsp3) is 0.360. The summed E-state index contributed by atoms with van der Waals surface area (Å²) in [6.07, 6.45) is 1.54. The normalized spacial score (nSPS) is 21.8. The maximum atomic E-state index is 13.1.